The van der Waals surface area contributed by atoms with Crippen molar-refractivity contribution in [1.29, 1.82) is 5.26 Å². The maximum atomic E-state index is 13.1. The summed E-state index contributed by atoms with van der Waals surface area (Å²) in [4.78, 5) is 9.22. The van der Waals surface area contributed by atoms with E-state index in [4.69, 9.17) is 9.78 Å². The Morgan fingerprint density at radius 1 is 1.41 bits per heavy atom. The molecule has 0 atom stereocenters. The Kier molecular flexibility index (Phi) is 6.26. The van der Waals surface area contributed by atoms with Gasteiger partial charge < -0.3 is 5.11 Å². The van der Waals surface area contributed by atoms with Crippen molar-refractivity contribution in [3.05, 3.63) is 29.1 Å². The lowest BCUT2D eigenvalue weighted by atomic mass is 10.1. The molecule has 12 heteroatoms. The van der Waals surface area contributed by atoms with E-state index in [9.17, 15) is 18.3 Å². The van der Waals surface area contributed by atoms with Crippen LogP contribution in [0.2, 0.25) is 0 Å². The molecule has 154 valence electrons. The Morgan fingerprint density at radius 3 is 2.79 bits per heavy atom. The largest absolute Gasteiger partial charge is 0.861 e. The van der Waals surface area contributed by atoms with Crippen molar-refractivity contribution in [2.24, 2.45) is 4.99 Å². The SMILES string of the molecule is Cc1cc(C(F)(F)F)c(C#N)c(SC/C([O-])=N/c2c[n+](N3CCCCC3)no2)n1. The maximum Gasteiger partial charge on any atom is 0.417 e. The fourth-order valence-electron chi connectivity index (χ4n) is 2.86. The van der Waals surface area contributed by atoms with Crippen LogP contribution in [-0.2, 0) is 6.18 Å². The minimum atomic E-state index is -4.69. The summed E-state index contributed by atoms with van der Waals surface area (Å²) in [5.74, 6) is -0.945. The van der Waals surface area contributed by atoms with Crippen LogP contribution in [0.5, 0.6) is 0 Å². The monoisotopic (exact) mass is 426 g/mol. The van der Waals surface area contributed by atoms with E-state index >= 15 is 0 Å². The molecule has 0 aliphatic carbocycles. The van der Waals surface area contributed by atoms with Gasteiger partial charge in [0.05, 0.1) is 29.0 Å². The Bertz CT molecular complexity index is 948. The normalized spacial score (nSPS) is 15.4. The Morgan fingerprint density at radius 2 is 2.14 bits per heavy atom. The highest BCUT2D eigenvalue weighted by molar-refractivity contribution is 7.99. The molecule has 29 heavy (non-hydrogen) atoms. The predicted octanol–water partition coefficient (Wildman–Crippen LogP) is 1.86. The lowest BCUT2D eigenvalue weighted by Crippen LogP contribution is -2.60. The Hall–Kier alpha value is -2.81. The van der Waals surface area contributed by atoms with E-state index in [-0.39, 0.29) is 22.4 Å². The third-order valence-electron chi connectivity index (χ3n) is 4.16. The first kappa shape index (κ1) is 20.9. The first-order valence-electron chi connectivity index (χ1n) is 8.78. The zero-order valence-corrected chi connectivity index (χ0v) is 16.3. The number of halogens is 3. The number of piperidine rings is 1. The standard InChI is InChI=1S/C17H17F3N6O2S/c1-11-7-13(17(18,19)20)12(8-21)16(22-11)29-10-14(27)23-15-9-26(24-28-15)25-5-3-2-4-6-25/h7,9H,2-6,10H2,1H3. The highest BCUT2D eigenvalue weighted by Crippen LogP contribution is 2.35. The molecule has 1 aliphatic heterocycles. The van der Waals surface area contributed by atoms with Crippen molar-refractivity contribution in [2.45, 2.75) is 37.4 Å². The number of hydrogen-bond donors (Lipinski definition) is 0. The fraction of sp³-hybridized carbons (Fsp3) is 0.471. The number of rotatable bonds is 5. The average molecular weight is 426 g/mol. The number of aryl methyl sites for hydroxylation is 1. The molecule has 0 unspecified atom stereocenters. The maximum absolute atomic E-state index is 13.1. The van der Waals surface area contributed by atoms with E-state index in [2.05, 4.69) is 15.2 Å². The molecule has 0 saturated carbocycles. The summed E-state index contributed by atoms with van der Waals surface area (Å²) < 4.78 is 44.4. The molecule has 2 aromatic heterocycles. The van der Waals surface area contributed by atoms with Gasteiger partial charge in [0.15, 0.2) is 0 Å². The van der Waals surface area contributed by atoms with Gasteiger partial charge in [0.1, 0.15) is 11.1 Å². The van der Waals surface area contributed by atoms with Crippen molar-refractivity contribution in [2.75, 3.05) is 23.9 Å². The van der Waals surface area contributed by atoms with Crippen LogP contribution in [0.3, 0.4) is 0 Å². The molecule has 1 saturated heterocycles. The fourth-order valence-corrected chi connectivity index (χ4v) is 3.69. The molecule has 1 fully saturated rings. The van der Waals surface area contributed by atoms with E-state index in [1.54, 1.807) is 0 Å². The summed E-state index contributed by atoms with van der Waals surface area (Å²) >= 11 is 0.722. The molecule has 0 radical (unpaired) electrons. The number of thioether (sulfide) groups is 1. The van der Waals surface area contributed by atoms with E-state index in [0.29, 0.717) is 0 Å². The first-order valence-corrected chi connectivity index (χ1v) is 9.76. The van der Waals surface area contributed by atoms with Crippen LogP contribution >= 0.6 is 11.8 Å². The van der Waals surface area contributed by atoms with Crippen LogP contribution in [0.15, 0.2) is 26.8 Å². The zero-order valence-electron chi connectivity index (χ0n) is 15.4. The first-order chi connectivity index (χ1) is 13.8. The summed E-state index contributed by atoms with van der Waals surface area (Å²) in [6.07, 6.45) is 0.000301. The van der Waals surface area contributed by atoms with E-state index in [1.807, 2.05) is 5.01 Å². The van der Waals surface area contributed by atoms with Crippen LogP contribution < -0.4 is 14.9 Å². The lowest BCUT2D eigenvalue weighted by molar-refractivity contribution is -0.759. The number of aliphatic imine (C=N–C) groups is 1. The summed E-state index contributed by atoms with van der Waals surface area (Å²) in [7, 11) is 0. The van der Waals surface area contributed by atoms with Crippen molar-refractivity contribution < 1.29 is 27.6 Å². The third kappa shape index (κ3) is 5.17. The Labute approximate surface area is 168 Å². The molecule has 2 aromatic rings. The molecule has 8 nitrogen and oxygen atoms in total. The molecule has 0 aromatic carbocycles. The average Bonchev–Trinajstić information content (AvgIpc) is 3.14. The quantitative estimate of drug-likeness (QED) is 0.311. The number of nitrogens with zero attached hydrogens (tertiary/aromatic N) is 6. The molecule has 3 rings (SSSR count). The van der Waals surface area contributed by atoms with Gasteiger partial charge in [-0.2, -0.15) is 23.4 Å². The molecule has 1 aliphatic rings. The summed E-state index contributed by atoms with van der Waals surface area (Å²) in [6, 6.07) is 2.34. The molecular formula is C17H17F3N6O2S. The van der Waals surface area contributed by atoms with Gasteiger partial charge in [0.25, 0.3) is 6.20 Å². The lowest BCUT2D eigenvalue weighted by Gasteiger charge is -2.17. The van der Waals surface area contributed by atoms with Gasteiger partial charge in [-0.1, -0.05) is 11.8 Å². The molecule has 0 bridgehead atoms. The molecular weight excluding hydrogens is 409 g/mol. The summed E-state index contributed by atoms with van der Waals surface area (Å²) in [5.41, 5.74) is -1.58. The van der Waals surface area contributed by atoms with Crippen LogP contribution in [0.1, 0.15) is 36.1 Å². The summed E-state index contributed by atoms with van der Waals surface area (Å²) in [5, 5.41) is 26.9. The van der Waals surface area contributed by atoms with Crippen LogP contribution in [-0.4, -0.2) is 35.0 Å². The molecule has 0 spiro atoms. The number of pyridine rings is 1. The van der Waals surface area contributed by atoms with E-state index < -0.39 is 23.2 Å². The van der Waals surface area contributed by atoms with Crippen LogP contribution in [0.25, 0.3) is 0 Å². The van der Waals surface area contributed by atoms with Crippen molar-refractivity contribution in [3.8, 4) is 6.07 Å². The van der Waals surface area contributed by atoms with Crippen molar-refractivity contribution >= 4 is 23.5 Å². The van der Waals surface area contributed by atoms with E-state index in [0.717, 1.165) is 50.2 Å². The second-order valence-electron chi connectivity index (χ2n) is 6.37. The molecule has 0 N–H and O–H groups in total. The highest BCUT2D eigenvalue weighted by atomic mass is 32.2. The summed E-state index contributed by atoms with van der Waals surface area (Å²) in [6.45, 7) is 3.02. The van der Waals surface area contributed by atoms with Gasteiger partial charge in [-0.15, -0.1) is 0 Å². The van der Waals surface area contributed by atoms with Gasteiger partial charge in [0.2, 0.25) is 5.27 Å². The number of alkyl halides is 3. The second kappa shape index (κ2) is 8.69. The van der Waals surface area contributed by atoms with Gasteiger partial charge in [0, 0.05) is 11.4 Å². The van der Waals surface area contributed by atoms with Gasteiger partial charge in [-0.3, -0.25) is 4.52 Å². The number of aromatic nitrogens is 3. The van der Waals surface area contributed by atoms with Gasteiger partial charge in [-0.25, -0.2) is 9.98 Å². The van der Waals surface area contributed by atoms with Crippen LogP contribution in [0.4, 0.5) is 19.1 Å². The number of nitriles is 1. The predicted molar refractivity (Wildman–Crippen MR) is 95.0 cm³/mol. The molecule has 3 heterocycles. The third-order valence-corrected chi connectivity index (χ3v) is 5.13. The van der Waals surface area contributed by atoms with Crippen LogP contribution in [0, 0.1) is 18.3 Å². The topological polar surface area (TPSA) is 105 Å². The zero-order chi connectivity index (χ0) is 21.0. The van der Waals surface area contributed by atoms with Crippen molar-refractivity contribution in [1.82, 2.24) is 10.3 Å². The minimum Gasteiger partial charge on any atom is -0.861 e. The Balaban J connectivity index is 1.72. The molecule has 0 amide bonds. The smallest absolute Gasteiger partial charge is 0.417 e. The van der Waals surface area contributed by atoms with Gasteiger partial charge in [-0.05, 0) is 38.2 Å². The van der Waals surface area contributed by atoms with Crippen molar-refractivity contribution in [3.63, 3.8) is 0 Å². The minimum absolute atomic E-state index is 0.00476. The van der Waals surface area contributed by atoms with Gasteiger partial charge >= 0.3 is 12.1 Å². The van der Waals surface area contributed by atoms with E-state index in [1.165, 1.54) is 24.0 Å². The number of hydrogen-bond acceptors (Lipinski definition) is 8. The highest BCUT2D eigenvalue weighted by Gasteiger charge is 2.35. The second-order valence-corrected chi connectivity index (χ2v) is 7.33.